The normalized spacial score (nSPS) is 11.2. The van der Waals surface area contributed by atoms with Gasteiger partial charge in [0.15, 0.2) is 0 Å². The van der Waals surface area contributed by atoms with Crippen LogP contribution in [-0.4, -0.2) is 12.1 Å². The molecule has 0 saturated heterocycles. The van der Waals surface area contributed by atoms with E-state index in [1.807, 2.05) is 19.9 Å². The molecular weight excluding hydrogens is 226 g/mol. The number of carbonyl (C=O) groups excluding carboxylic acids is 1. The van der Waals surface area contributed by atoms with Gasteiger partial charge in [0.2, 0.25) is 0 Å². The fraction of sp³-hybridized carbons (Fsp3) is 0.286. The maximum absolute atomic E-state index is 11.7. The summed E-state index contributed by atoms with van der Waals surface area (Å²) in [5.74, 6) is 2.67. The molecule has 1 aromatic rings. The van der Waals surface area contributed by atoms with E-state index in [1.165, 1.54) is 0 Å². The number of rotatable bonds is 3. The third kappa shape index (κ3) is 3.84. The Morgan fingerprint density at radius 2 is 2.17 bits per heavy atom. The number of hydrogen-bond donors (Lipinski definition) is 2. The second-order valence-electron chi connectivity index (χ2n) is 4.18. The van der Waals surface area contributed by atoms with Gasteiger partial charge in [0.1, 0.15) is 0 Å². The molecule has 0 radical (unpaired) electrons. The van der Waals surface area contributed by atoms with Crippen molar-refractivity contribution in [2.24, 2.45) is 5.92 Å². The van der Waals surface area contributed by atoms with Crippen LogP contribution in [0.2, 0.25) is 0 Å². The van der Waals surface area contributed by atoms with Crippen molar-refractivity contribution in [3.8, 4) is 18.4 Å². The van der Waals surface area contributed by atoms with Crippen LogP contribution in [0.1, 0.15) is 19.4 Å². The Kier molecular flexibility index (Phi) is 4.78. The summed E-state index contributed by atoms with van der Waals surface area (Å²) >= 11 is 0. The number of nitrogens with zero attached hydrogens (tertiary/aromatic N) is 1. The molecule has 0 aliphatic heterocycles. The third-order valence-corrected chi connectivity index (χ3v) is 2.38. The van der Waals surface area contributed by atoms with Gasteiger partial charge in [-0.15, -0.1) is 6.42 Å². The minimum Gasteiger partial charge on any atom is -0.324 e. The number of benzene rings is 1. The van der Waals surface area contributed by atoms with E-state index >= 15 is 0 Å². The van der Waals surface area contributed by atoms with Gasteiger partial charge < -0.3 is 10.6 Å². The van der Waals surface area contributed by atoms with Crippen molar-refractivity contribution >= 4 is 11.7 Å². The molecule has 18 heavy (non-hydrogen) atoms. The average Bonchev–Trinajstić information content (AvgIpc) is 2.35. The molecular formula is C14H15N3O. The molecule has 1 atom stereocenters. The maximum Gasteiger partial charge on any atom is 0.320 e. The lowest BCUT2D eigenvalue weighted by Gasteiger charge is -2.17. The van der Waals surface area contributed by atoms with E-state index in [4.69, 9.17) is 11.7 Å². The number of urea groups is 1. The zero-order chi connectivity index (χ0) is 13.5. The van der Waals surface area contributed by atoms with Crippen molar-refractivity contribution in [2.75, 3.05) is 5.32 Å². The van der Waals surface area contributed by atoms with Crippen LogP contribution in [-0.2, 0) is 0 Å². The Labute approximate surface area is 107 Å². The summed E-state index contributed by atoms with van der Waals surface area (Å²) in [6.07, 6.45) is 5.33. The lowest BCUT2D eigenvalue weighted by atomic mass is 10.1. The van der Waals surface area contributed by atoms with E-state index in [0.29, 0.717) is 11.3 Å². The van der Waals surface area contributed by atoms with Gasteiger partial charge in [-0.1, -0.05) is 25.8 Å². The molecule has 1 rings (SSSR count). The molecule has 0 heterocycles. The predicted molar refractivity (Wildman–Crippen MR) is 70.8 cm³/mol. The number of terminal acetylenes is 1. The SMILES string of the molecule is C#CC(NC(=O)Nc1cccc(C#N)c1)C(C)C. The summed E-state index contributed by atoms with van der Waals surface area (Å²) in [5.41, 5.74) is 1.05. The van der Waals surface area contributed by atoms with Gasteiger partial charge >= 0.3 is 6.03 Å². The van der Waals surface area contributed by atoms with Crippen LogP contribution in [0.15, 0.2) is 24.3 Å². The number of anilines is 1. The molecule has 0 spiro atoms. The van der Waals surface area contributed by atoms with Crippen molar-refractivity contribution < 1.29 is 4.79 Å². The Balaban J connectivity index is 2.65. The van der Waals surface area contributed by atoms with Gasteiger partial charge in [-0.25, -0.2) is 4.79 Å². The van der Waals surface area contributed by atoms with Crippen LogP contribution in [0.5, 0.6) is 0 Å². The molecule has 4 heteroatoms. The van der Waals surface area contributed by atoms with Crippen LogP contribution < -0.4 is 10.6 Å². The first-order valence-electron chi connectivity index (χ1n) is 5.60. The minimum atomic E-state index is -0.373. The largest absolute Gasteiger partial charge is 0.324 e. The molecule has 0 saturated carbocycles. The summed E-state index contributed by atoms with van der Waals surface area (Å²) in [4.78, 5) is 11.7. The van der Waals surface area contributed by atoms with Gasteiger partial charge in [-0.3, -0.25) is 0 Å². The number of carbonyl (C=O) groups is 1. The van der Waals surface area contributed by atoms with Crippen molar-refractivity contribution in [1.82, 2.24) is 5.32 Å². The van der Waals surface area contributed by atoms with Gasteiger partial charge in [0.25, 0.3) is 0 Å². The fourth-order valence-electron chi connectivity index (χ4n) is 1.38. The molecule has 0 fully saturated rings. The van der Waals surface area contributed by atoms with E-state index in [9.17, 15) is 4.79 Å². The van der Waals surface area contributed by atoms with Crippen LogP contribution in [0.4, 0.5) is 10.5 Å². The molecule has 0 aliphatic carbocycles. The van der Waals surface area contributed by atoms with E-state index in [1.54, 1.807) is 24.3 Å². The topological polar surface area (TPSA) is 64.9 Å². The molecule has 4 nitrogen and oxygen atoms in total. The summed E-state index contributed by atoms with van der Waals surface area (Å²) in [6.45, 7) is 3.86. The van der Waals surface area contributed by atoms with E-state index in [0.717, 1.165) is 0 Å². The Hall–Kier alpha value is -2.46. The highest BCUT2D eigenvalue weighted by atomic mass is 16.2. The number of nitrogens with one attached hydrogen (secondary N) is 2. The second kappa shape index (κ2) is 6.32. The van der Waals surface area contributed by atoms with Crippen molar-refractivity contribution in [1.29, 1.82) is 5.26 Å². The van der Waals surface area contributed by atoms with Crippen LogP contribution in [0, 0.1) is 29.6 Å². The Morgan fingerprint density at radius 3 is 2.72 bits per heavy atom. The summed E-state index contributed by atoms with van der Waals surface area (Å²) in [7, 11) is 0. The van der Waals surface area contributed by atoms with Crippen LogP contribution >= 0.6 is 0 Å². The van der Waals surface area contributed by atoms with E-state index in [-0.39, 0.29) is 18.0 Å². The lowest BCUT2D eigenvalue weighted by Crippen LogP contribution is -2.40. The summed E-state index contributed by atoms with van der Waals surface area (Å²) in [5, 5.41) is 14.1. The molecule has 0 aliphatic rings. The highest BCUT2D eigenvalue weighted by Crippen LogP contribution is 2.09. The smallest absolute Gasteiger partial charge is 0.320 e. The van der Waals surface area contributed by atoms with Crippen LogP contribution in [0.25, 0.3) is 0 Å². The fourth-order valence-corrected chi connectivity index (χ4v) is 1.38. The monoisotopic (exact) mass is 241 g/mol. The van der Waals surface area contributed by atoms with Crippen molar-refractivity contribution in [2.45, 2.75) is 19.9 Å². The second-order valence-corrected chi connectivity index (χ2v) is 4.18. The summed E-state index contributed by atoms with van der Waals surface area (Å²) < 4.78 is 0. The maximum atomic E-state index is 11.7. The molecule has 2 amide bonds. The number of nitriles is 1. The molecule has 0 aromatic heterocycles. The summed E-state index contributed by atoms with van der Waals surface area (Å²) in [6, 6.07) is 8.00. The van der Waals surface area contributed by atoms with E-state index < -0.39 is 0 Å². The van der Waals surface area contributed by atoms with Gasteiger partial charge in [0, 0.05) is 5.69 Å². The van der Waals surface area contributed by atoms with Gasteiger partial charge in [0.05, 0.1) is 17.7 Å². The minimum absolute atomic E-state index is 0.159. The average molecular weight is 241 g/mol. The highest BCUT2D eigenvalue weighted by molar-refractivity contribution is 5.89. The highest BCUT2D eigenvalue weighted by Gasteiger charge is 2.13. The first kappa shape index (κ1) is 13.6. The van der Waals surface area contributed by atoms with Crippen molar-refractivity contribution in [3.05, 3.63) is 29.8 Å². The molecule has 0 bridgehead atoms. The number of amides is 2. The van der Waals surface area contributed by atoms with E-state index in [2.05, 4.69) is 16.6 Å². The molecule has 1 aromatic carbocycles. The zero-order valence-corrected chi connectivity index (χ0v) is 10.4. The lowest BCUT2D eigenvalue weighted by molar-refractivity contribution is 0.248. The Bertz CT molecular complexity index is 509. The first-order valence-corrected chi connectivity index (χ1v) is 5.60. The third-order valence-electron chi connectivity index (χ3n) is 2.38. The number of hydrogen-bond acceptors (Lipinski definition) is 2. The van der Waals surface area contributed by atoms with Gasteiger partial charge in [-0.05, 0) is 24.1 Å². The van der Waals surface area contributed by atoms with Crippen molar-refractivity contribution in [3.63, 3.8) is 0 Å². The molecule has 1 unspecified atom stereocenters. The first-order chi connectivity index (χ1) is 8.56. The van der Waals surface area contributed by atoms with Crippen LogP contribution in [0.3, 0.4) is 0 Å². The zero-order valence-electron chi connectivity index (χ0n) is 10.4. The Morgan fingerprint density at radius 1 is 1.44 bits per heavy atom. The standard InChI is InChI=1S/C14H15N3O/c1-4-13(10(2)3)17-14(18)16-12-7-5-6-11(8-12)9-15/h1,5-8,10,13H,2-3H3,(H2,16,17,18). The quantitative estimate of drug-likeness (QED) is 0.798. The molecule has 92 valence electrons. The van der Waals surface area contributed by atoms with Gasteiger partial charge in [-0.2, -0.15) is 5.26 Å². The predicted octanol–water partition coefficient (Wildman–Crippen LogP) is 2.34. The molecule has 2 N–H and O–H groups in total.